The molecule has 0 bridgehead atoms. The average molecular weight is 184 g/mol. The summed E-state index contributed by atoms with van der Waals surface area (Å²) < 4.78 is 8.95. The van der Waals surface area contributed by atoms with E-state index in [1.807, 2.05) is 0 Å². The van der Waals surface area contributed by atoms with Crippen molar-refractivity contribution in [2.45, 2.75) is 19.8 Å². The molecule has 0 spiro atoms. The molecule has 0 atom stereocenters. The Kier molecular flexibility index (Phi) is 6.34. The van der Waals surface area contributed by atoms with Gasteiger partial charge in [0.05, 0.1) is 13.7 Å². The minimum Gasteiger partial charge on any atom is -0.466 e. The molecule has 0 aliphatic heterocycles. The highest BCUT2D eigenvalue weighted by atomic mass is 16.5. The molecular weight excluding hydrogens is 172 g/mol. The van der Waals surface area contributed by atoms with Gasteiger partial charge in [0.2, 0.25) is 0 Å². The molecule has 0 aliphatic rings. The first-order valence-electron chi connectivity index (χ1n) is 3.87. The third-order valence-corrected chi connectivity index (χ3v) is 1.13. The summed E-state index contributed by atoms with van der Waals surface area (Å²) in [7, 11) is 1.27. The summed E-state index contributed by atoms with van der Waals surface area (Å²) in [5.41, 5.74) is 0. The smallest absolute Gasteiger partial charge is 0.384 e. The van der Waals surface area contributed by atoms with Crippen LogP contribution in [0.4, 0.5) is 0 Å². The molecule has 0 radical (unpaired) electrons. The first-order chi connectivity index (χ1) is 6.16. The summed E-state index contributed by atoms with van der Waals surface area (Å²) in [6.45, 7) is 1.69. The molecule has 4 nitrogen and oxygen atoms in total. The van der Waals surface area contributed by atoms with Crippen LogP contribution in [-0.4, -0.2) is 25.7 Å². The van der Waals surface area contributed by atoms with Crippen LogP contribution in [0.15, 0.2) is 0 Å². The van der Waals surface area contributed by atoms with Crippen LogP contribution in [0.1, 0.15) is 19.8 Å². The van der Waals surface area contributed by atoms with Crippen molar-refractivity contribution in [1.29, 1.82) is 0 Å². The number of ether oxygens (including phenoxy) is 2. The van der Waals surface area contributed by atoms with E-state index in [1.165, 1.54) is 14.0 Å². The third kappa shape index (κ3) is 8.41. The summed E-state index contributed by atoms with van der Waals surface area (Å²) in [4.78, 5) is 20.8. The minimum atomic E-state index is -0.549. The van der Waals surface area contributed by atoms with E-state index in [-0.39, 0.29) is 5.97 Å². The van der Waals surface area contributed by atoms with E-state index in [4.69, 9.17) is 0 Å². The maximum absolute atomic E-state index is 10.5. The summed E-state index contributed by atoms with van der Waals surface area (Å²) >= 11 is 0. The van der Waals surface area contributed by atoms with Gasteiger partial charge < -0.3 is 9.47 Å². The zero-order chi connectivity index (χ0) is 10.1. The van der Waals surface area contributed by atoms with Crippen LogP contribution < -0.4 is 0 Å². The SMILES string of the molecule is COC(=O)C#CCCCOC(C)=O. The van der Waals surface area contributed by atoms with Gasteiger partial charge in [-0.25, -0.2) is 4.79 Å². The van der Waals surface area contributed by atoms with E-state index in [1.54, 1.807) is 0 Å². The molecule has 0 rings (SSSR count). The lowest BCUT2D eigenvalue weighted by molar-refractivity contribution is -0.141. The summed E-state index contributed by atoms with van der Waals surface area (Å²) in [6.07, 6.45) is 1.14. The van der Waals surface area contributed by atoms with Gasteiger partial charge in [0.25, 0.3) is 0 Å². The molecule has 4 heteroatoms. The van der Waals surface area contributed by atoms with E-state index >= 15 is 0 Å². The molecule has 0 saturated heterocycles. The summed E-state index contributed by atoms with van der Waals surface area (Å²) in [5, 5.41) is 0. The van der Waals surface area contributed by atoms with Crippen molar-refractivity contribution in [3.63, 3.8) is 0 Å². The van der Waals surface area contributed by atoms with Crippen LogP contribution in [0.3, 0.4) is 0 Å². The highest BCUT2D eigenvalue weighted by Gasteiger charge is 1.91. The van der Waals surface area contributed by atoms with Crippen LogP contribution in [0, 0.1) is 11.8 Å². The Morgan fingerprint density at radius 1 is 1.38 bits per heavy atom. The van der Waals surface area contributed by atoms with Crippen LogP contribution in [0.2, 0.25) is 0 Å². The number of unbranched alkanes of at least 4 members (excludes halogenated alkanes) is 1. The fourth-order valence-electron chi connectivity index (χ4n) is 0.562. The molecule has 0 aromatic heterocycles. The van der Waals surface area contributed by atoms with Gasteiger partial charge in [-0.1, -0.05) is 5.92 Å². The second-order valence-electron chi connectivity index (χ2n) is 2.24. The number of rotatable bonds is 3. The van der Waals surface area contributed by atoms with Gasteiger partial charge in [0.15, 0.2) is 0 Å². The second-order valence-corrected chi connectivity index (χ2v) is 2.24. The number of hydrogen-bond donors (Lipinski definition) is 0. The minimum absolute atomic E-state index is 0.305. The zero-order valence-electron chi connectivity index (χ0n) is 7.75. The first kappa shape index (κ1) is 11.5. The molecule has 0 aromatic rings. The lowest BCUT2D eigenvalue weighted by Crippen LogP contribution is -2.00. The largest absolute Gasteiger partial charge is 0.466 e. The molecule has 0 saturated carbocycles. The average Bonchev–Trinajstić information content (AvgIpc) is 2.10. The normalized spacial score (nSPS) is 8.15. The van der Waals surface area contributed by atoms with Gasteiger partial charge in [0, 0.05) is 19.3 Å². The van der Waals surface area contributed by atoms with Crippen molar-refractivity contribution in [2.24, 2.45) is 0 Å². The van der Waals surface area contributed by atoms with Gasteiger partial charge in [0.1, 0.15) is 0 Å². The van der Waals surface area contributed by atoms with Crippen molar-refractivity contribution in [3.8, 4) is 11.8 Å². The molecule has 0 aliphatic carbocycles. The zero-order valence-corrected chi connectivity index (χ0v) is 7.75. The Labute approximate surface area is 77.2 Å². The van der Waals surface area contributed by atoms with Gasteiger partial charge in [-0.3, -0.25) is 4.79 Å². The van der Waals surface area contributed by atoms with Crippen LogP contribution >= 0.6 is 0 Å². The molecule has 0 amide bonds. The Balaban J connectivity index is 3.38. The van der Waals surface area contributed by atoms with Gasteiger partial charge in [-0.15, -0.1) is 0 Å². The van der Waals surface area contributed by atoms with E-state index in [0.717, 1.165) is 0 Å². The fourth-order valence-corrected chi connectivity index (χ4v) is 0.562. The van der Waals surface area contributed by atoms with E-state index < -0.39 is 5.97 Å². The Morgan fingerprint density at radius 3 is 2.62 bits per heavy atom. The molecule has 13 heavy (non-hydrogen) atoms. The molecule has 0 aromatic carbocycles. The first-order valence-corrected chi connectivity index (χ1v) is 3.87. The lowest BCUT2D eigenvalue weighted by Gasteiger charge is -1.96. The van der Waals surface area contributed by atoms with E-state index in [2.05, 4.69) is 21.3 Å². The highest BCUT2D eigenvalue weighted by molar-refractivity contribution is 5.88. The standard InChI is InChI=1S/C9H12O4/c1-8(10)13-7-5-3-4-6-9(11)12-2/h3,5,7H2,1-2H3. The van der Waals surface area contributed by atoms with Crippen LogP contribution in [-0.2, 0) is 19.1 Å². The number of carbonyl (C=O) groups excluding carboxylic acids is 2. The monoisotopic (exact) mass is 184 g/mol. The Morgan fingerprint density at radius 2 is 2.08 bits per heavy atom. The van der Waals surface area contributed by atoms with E-state index in [0.29, 0.717) is 19.4 Å². The predicted molar refractivity (Wildman–Crippen MR) is 45.7 cm³/mol. The van der Waals surface area contributed by atoms with Crippen molar-refractivity contribution >= 4 is 11.9 Å². The quantitative estimate of drug-likeness (QED) is 0.277. The molecule has 0 unspecified atom stereocenters. The number of hydrogen-bond acceptors (Lipinski definition) is 4. The fraction of sp³-hybridized carbons (Fsp3) is 0.556. The maximum Gasteiger partial charge on any atom is 0.384 e. The van der Waals surface area contributed by atoms with Gasteiger partial charge >= 0.3 is 11.9 Å². The molecule has 0 N–H and O–H groups in total. The summed E-state index contributed by atoms with van der Waals surface area (Å²) in [5.74, 6) is 4.01. The van der Waals surface area contributed by atoms with Crippen molar-refractivity contribution in [2.75, 3.05) is 13.7 Å². The predicted octanol–water partition coefficient (Wildman–Crippen LogP) is 0.506. The number of esters is 2. The molecule has 0 fully saturated rings. The summed E-state index contributed by atoms with van der Waals surface area (Å²) in [6, 6.07) is 0. The Hall–Kier alpha value is -1.50. The van der Waals surface area contributed by atoms with Crippen molar-refractivity contribution in [3.05, 3.63) is 0 Å². The second kappa shape index (κ2) is 7.17. The van der Waals surface area contributed by atoms with E-state index in [9.17, 15) is 9.59 Å². The van der Waals surface area contributed by atoms with Crippen molar-refractivity contribution < 1.29 is 19.1 Å². The maximum atomic E-state index is 10.5. The number of carbonyl (C=O) groups is 2. The topological polar surface area (TPSA) is 52.6 Å². The molecule has 72 valence electrons. The van der Waals surface area contributed by atoms with Crippen molar-refractivity contribution in [1.82, 2.24) is 0 Å². The third-order valence-electron chi connectivity index (χ3n) is 1.13. The molecular formula is C9H12O4. The van der Waals surface area contributed by atoms with Crippen LogP contribution in [0.25, 0.3) is 0 Å². The lowest BCUT2D eigenvalue weighted by atomic mass is 10.3. The van der Waals surface area contributed by atoms with Gasteiger partial charge in [-0.05, 0) is 6.42 Å². The highest BCUT2D eigenvalue weighted by Crippen LogP contribution is 1.88. The Bertz CT molecular complexity index is 234. The molecule has 0 heterocycles. The van der Waals surface area contributed by atoms with Crippen LogP contribution in [0.5, 0.6) is 0 Å². The number of methoxy groups -OCH3 is 1. The van der Waals surface area contributed by atoms with Gasteiger partial charge in [-0.2, -0.15) is 0 Å².